The Kier molecular flexibility index (Phi) is 7.12. The predicted molar refractivity (Wildman–Crippen MR) is 107 cm³/mol. The largest absolute Gasteiger partial charge is 0.416 e. The summed E-state index contributed by atoms with van der Waals surface area (Å²) >= 11 is 0. The third-order valence-electron chi connectivity index (χ3n) is 5.40. The van der Waals surface area contributed by atoms with E-state index < -0.39 is 11.7 Å². The Morgan fingerprint density at radius 1 is 1.29 bits per heavy atom. The highest BCUT2D eigenvalue weighted by molar-refractivity contribution is 5.51. The smallest absolute Gasteiger partial charge is 0.366 e. The van der Waals surface area contributed by atoms with Crippen molar-refractivity contribution in [3.8, 4) is 6.07 Å². The third kappa shape index (κ3) is 5.73. The van der Waals surface area contributed by atoms with E-state index in [4.69, 9.17) is 0 Å². The van der Waals surface area contributed by atoms with Crippen molar-refractivity contribution in [2.45, 2.75) is 57.5 Å². The highest BCUT2D eigenvalue weighted by atomic mass is 19.4. The van der Waals surface area contributed by atoms with Crippen molar-refractivity contribution in [3.63, 3.8) is 0 Å². The Hall–Kier alpha value is -3.13. The minimum atomic E-state index is -4.46. The molecule has 1 unspecified atom stereocenters. The van der Waals surface area contributed by atoms with E-state index >= 15 is 0 Å². The number of alkyl halides is 3. The summed E-state index contributed by atoms with van der Waals surface area (Å²) in [5.41, 5.74) is -0.474. The zero-order valence-electron chi connectivity index (χ0n) is 16.9. The lowest BCUT2D eigenvalue weighted by atomic mass is 9.83. The van der Waals surface area contributed by atoms with Gasteiger partial charge in [-0.15, -0.1) is 0 Å². The number of anilines is 1. The monoisotopic (exact) mass is 433 g/mol. The van der Waals surface area contributed by atoms with Crippen LogP contribution in [0.5, 0.6) is 0 Å². The molecule has 8 nitrogen and oxygen atoms in total. The molecule has 3 rings (SSSR count). The van der Waals surface area contributed by atoms with Crippen molar-refractivity contribution in [1.82, 2.24) is 20.3 Å². The fourth-order valence-electron chi connectivity index (χ4n) is 3.62. The van der Waals surface area contributed by atoms with Crippen LogP contribution in [0.1, 0.15) is 48.7 Å². The maximum atomic E-state index is 13.1. The Morgan fingerprint density at radius 3 is 2.81 bits per heavy atom. The molecular weight excluding hydrogens is 411 g/mol. The van der Waals surface area contributed by atoms with Crippen LogP contribution in [0.15, 0.2) is 29.8 Å². The fraction of sp³-hybridized carbons (Fsp3) is 0.500. The summed E-state index contributed by atoms with van der Waals surface area (Å²) in [6.45, 7) is 2.03. The van der Waals surface area contributed by atoms with E-state index in [1.807, 2.05) is 13.0 Å². The van der Waals surface area contributed by atoms with Gasteiger partial charge >= 0.3 is 6.18 Å². The van der Waals surface area contributed by atoms with E-state index in [0.29, 0.717) is 18.1 Å². The summed E-state index contributed by atoms with van der Waals surface area (Å²) in [6.07, 6.45) is 1.38. The lowest BCUT2D eigenvalue weighted by Gasteiger charge is -2.31. The van der Waals surface area contributed by atoms with Crippen LogP contribution in [0.4, 0.5) is 19.0 Å². The molecule has 0 aliphatic heterocycles. The SMILES string of the molecule is C[C@@H]1CC[C@H](Nc2nc(CNCc3cnccc3C(F)(F)F)ncc2C#N)CC1N=O. The summed E-state index contributed by atoms with van der Waals surface area (Å²) in [5.74, 6) is 0.884. The van der Waals surface area contributed by atoms with Crippen molar-refractivity contribution in [2.75, 3.05) is 5.32 Å². The molecule has 1 aliphatic rings. The van der Waals surface area contributed by atoms with Crippen molar-refractivity contribution in [3.05, 3.63) is 52.1 Å². The Morgan fingerprint density at radius 2 is 2.10 bits per heavy atom. The van der Waals surface area contributed by atoms with Gasteiger partial charge in [-0.05, 0) is 36.8 Å². The molecule has 1 saturated carbocycles. The van der Waals surface area contributed by atoms with E-state index in [1.54, 1.807) is 0 Å². The average Bonchev–Trinajstić information content (AvgIpc) is 2.75. The fourth-order valence-corrected chi connectivity index (χ4v) is 3.62. The van der Waals surface area contributed by atoms with Crippen LogP contribution in [0.25, 0.3) is 0 Å². The molecule has 2 N–H and O–H groups in total. The number of nitroso groups, excluding NO2 is 1. The lowest BCUT2D eigenvalue weighted by Crippen LogP contribution is -2.34. The van der Waals surface area contributed by atoms with Crippen molar-refractivity contribution in [1.29, 1.82) is 5.26 Å². The first-order valence-electron chi connectivity index (χ1n) is 9.87. The average molecular weight is 433 g/mol. The van der Waals surface area contributed by atoms with Gasteiger partial charge in [0.25, 0.3) is 0 Å². The number of aromatic nitrogens is 3. The Balaban J connectivity index is 1.66. The van der Waals surface area contributed by atoms with Gasteiger partial charge < -0.3 is 10.6 Å². The quantitative estimate of drug-likeness (QED) is 0.638. The van der Waals surface area contributed by atoms with Crippen molar-refractivity contribution in [2.24, 2.45) is 11.1 Å². The number of halogens is 3. The normalized spacial score (nSPS) is 21.3. The molecule has 3 atom stereocenters. The second-order valence-electron chi connectivity index (χ2n) is 7.60. The van der Waals surface area contributed by atoms with E-state index in [2.05, 4.69) is 30.8 Å². The van der Waals surface area contributed by atoms with Crippen LogP contribution in [-0.4, -0.2) is 27.0 Å². The molecule has 31 heavy (non-hydrogen) atoms. The standard InChI is InChI=1S/C20H22F3N7O/c1-12-2-3-15(6-17(12)30-31)28-19-13(7-24)10-27-18(29-19)11-26-9-14-8-25-5-4-16(14)20(21,22)23/h4-5,8,10,12,15,17,26H,2-3,6,9,11H2,1H3,(H,27,28,29)/t12-,15+,17?/m1/s1. The molecule has 2 heterocycles. The topological polar surface area (TPSA) is 116 Å². The van der Waals surface area contributed by atoms with E-state index in [1.165, 1.54) is 12.4 Å². The van der Waals surface area contributed by atoms with Gasteiger partial charge in [0.2, 0.25) is 0 Å². The third-order valence-corrected chi connectivity index (χ3v) is 5.40. The van der Waals surface area contributed by atoms with Gasteiger partial charge in [-0.3, -0.25) is 4.98 Å². The number of hydrogen-bond donors (Lipinski definition) is 2. The summed E-state index contributed by atoms with van der Waals surface area (Å²) in [4.78, 5) is 23.2. The highest BCUT2D eigenvalue weighted by Gasteiger charge is 2.33. The lowest BCUT2D eigenvalue weighted by molar-refractivity contribution is -0.138. The number of nitrogens with zero attached hydrogens (tertiary/aromatic N) is 5. The second-order valence-corrected chi connectivity index (χ2v) is 7.60. The van der Waals surface area contributed by atoms with Gasteiger partial charge in [0.1, 0.15) is 23.3 Å². The zero-order chi connectivity index (χ0) is 22.4. The molecule has 0 bridgehead atoms. The molecule has 0 aromatic carbocycles. The molecule has 1 aliphatic carbocycles. The zero-order valence-corrected chi connectivity index (χ0v) is 16.9. The Labute approximate surface area is 177 Å². The first-order valence-corrected chi connectivity index (χ1v) is 9.87. The molecule has 0 saturated heterocycles. The molecule has 0 radical (unpaired) electrons. The van der Waals surface area contributed by atoms with Crippen LogP contribution < -0.4 is 10.6 Å². The van der Waals surface area contributed by atoms with Crippen molar-refractivity contribution < 1.29 is 13.2 Å². The maximum Gasteiger partial charge on any atom is 0.416 e. The molecule has 0 amide bonds. The predicted octanol–water partition coefficient (Wildman–Crippen LogP) is 3.79. The molecule has 164 valence electrons. The summed E-state index contributed by atoms with van der Waals surface area (Å²) in [6, 6.07) is 2.62. The highest BCUT2D eigenvalue weighted by Crippen LogP contribution is 2.31. The minimum absolute atomic E-state index is 0.0192. The molecule has 11 heteroatoms. The number of pyridine rings is 1. The van der Waals surface area contributed by atoms with Crippen LogP contribution >= 0.6 is 0 Å². The van der Waals surface area contributed by atoms with E-state index in [-0.39, 0.29) is 42.2 Å². The molecule has 2 aromatic heterocycles. The van der Waals surface area contributed by atoms with Gasteiger partial charge in [0, 0.05) is 25.0 Å². The van der Waals surface area contributed by atoms with Crippen LogP contribution in [0.2, 0.25) is 0 Å². The van der Waals surface area contributed by atoms with Crippen LogP contribution in [-0.2, 0) is 19.3 Å². The summed E-state index contributed by atoms with van der Waals surface area (Å²) in [7, 11) is 0. The van der Waals surface area contributed by atoms with E-state index in [9.17, 15) is 23.3 Å². The van der Waals surface area contributed by atoms with Gasteiger partial charge in [-0.25, -0.2) is 9.97 Å². The first-order chi connectivity index (χ1) is 14.8. The van der Waals surface area contributed by atoms with Gasteiger partial charge in [0.05, 0.1) is 24.3 Å². The summed E-state index contributed by atoms with van der Waals surface area (Å²) < 4.78 is 39.3. The number of nitrogens with one attached hydrogen (secondary N) is 2. The maximum absolute atomic E-state index is 13.1. The molecule has 2 aromatic rings. The number of rotatable bonds is 7. The first kappa shape index (κ1) is 22.6. The Bertz CT molecular complexity index is 961. The number of nitriles is 1. The van der Waals surface area contributed by atoms with Crippen molar-refractivity contribution >= 4 is 5.82 Å². The molecular formula is C20H22F3N7O. The molecule has 1 fully saturated rings. The number of hydrogen-bond acceptors (Lipinski definition) is 8. The van der Waals surface area contributed by atoms with Gasteiger partial charge in [-0.1, -0.05) is 12.1 Å². The van der Waals surface area contributed by atoms with Gasteiger partial charge in [0.15, 0.2) is 0 Å². The van der Waals surface area contributed by atoms with E-state index in [0.717, 1.165) is 25.1 Å². The molecule has 0 spiro atoms. The summed E-state index contributed by atoms with van der Waals surface area (Å²) in [5, 5.41) is 18.6. The van der Waals surface area contributed by atoms with Crippen LogP contribution in [0.3, 0.4) is 0 Å². The van der Waals surface area contributed by atoms with Gasteiger partial charge in [-0.2, -0.15) is 23.3 Å². The van der Waals surface area contributed by atoms with Crippen LogP contribution in [0, 0.1) is 22.2 Å². The minimum Gasteiger partial charge on any atom is -0.366 e. The second kappa shape index (κ2) is 9.78.